The SMILES string of the molecule is Cc1ccc2cc(C(=O)Nc3cccc(-n4nccc4C)c3)c(C)nc2c1. The number of hydrogen-bond donors (Lipinski definition) is 1. The maximum absolute atomic E-state index is 12.8. The van der Waals surface area contributed by atoms with Crippen LogP contribution in [-0.2, 0) is 0 Å². The molecule has 0 aliphatic carbocycles. The summed E-state index contributed by atoms with van der Waals surface area (Å²) >= 11 is 0. The highest BCUT2D eigenvalue weighted by atomic mass is 16.1. The summed E-state index contributed by atoms with van der Waals surface area (Å²) in [5, 5.41) is 8.25. The molecule has 27 heavy (non-hydrogen) atoms. The Balaban J connectivity index is 1.65. The van der Waals surface area contributed by atoms with Gasteiger partial charge in [0.05, 0.1) is 22.5 Å². The molecule has 134 valence electrons. The number of rotatable bonds is 3. The van der Waals surface area contributed by atoms with E-state index in [0.29, 0.717) is 11.3 Å². The third-order valence-electron chi connectivity index (χ3n) is 4.59. The zero-order chi connectivity index (χ0) is 19.0. The second kappa shape index (κ2) is 6.68. The number of nitrogens with one attached hydrogen (secondary N) is 1. The maximum atomic E-state index is 12.8. The van der Waals surface area contributed by atoms with Crippen molar-refractivity contribution in [1.29, 1.82) is 0 Å². The molecule has 2 aromatic heterocycles. The molecule has 0 bridgehead atoms. The molecule has 0 atom stereocenters. The lowest BCUT2D eigenvalue weighted by Gasteiger charge is -2.11. The molecule has 0 saturated carbocycles. The number of anilines is 1. The van der Waals surface area contributed by atoms with Gasteiger partial charge in [-0.3, -0.25) is 9.78 Å². The fourth-order valence-electron chi connectivity index (χ4n) is 3.16. The number of aromatic nitrogens is 3. The van der Waals surface area contributed by atoms with Crippen molar-refractivity contribution in [1.82, 2.24) is 14.8 Å². The number of carbonyl (C=O) groups excluding carboxylic acids is 1. The van der Waals surface area contributed by atoms with Crippen molar-refractivity contribution in [2.75, 3.05) is 5.32 Å². The molecule has 0 fully saturated rings. The minimum Gasteiger partial charge on any atom is -0.322 e. The van der Waals surface area contributed by atoms with E-state index in [1.165, 1.54) is 0 Å². The van der Waals surface area contributed by atoms with Crippen molar-refractivity contribution in [3.63, 3.8) is 0 Å². The Morgan fingerprint density at radius 1 is 1.00 bits per heavy atom. The Hall–Kier alpha value is -3.47. The monoisotopic (exact) mass is 356 g/mol. The third kappa shape index (κ3) is 3.31. The number of benzene rings is 2. The highest BCUT2D eigenvalue weighted by Gasteiger charge is 2.13. The van der Waals surface area contributed by atoms with Crippen LogP contribution in [0.3, 0.4) is 0 Å². The number of amides is 1. The Morgan fingerprint density at radius 2 is 1.85 bits per heavy atom. The van der Waals surface area contributed by atoms with Crippen LogP contribution in [0.15, 0.2) is 60.8 Å². The zero-order valence-electron chi connectivity index (χ0n) is 15.5. The Bertz CT molecular complexity index is 1160. The van der Waals surface area contributed by atoms with Crippen LogP contribution >= 0.6 is 0 Å². The van der Waals surface area contributed by atoms with Crippen LogP contribution in [-0.4, -0.2) is 20.7 Å². The molecule has 0 aliphatic rings. The van der Waals surface area contributed by atoms with Gasteiger partial charge in [-0.25, -0.2) is 4.68 Å². The van der Waals surface area contributed by atoms with Gasteiger partial charge in [0.25, 0.3) is 5.91 Å². The van der Waals surface area contributed by atoms with Gasteiger partial charge < -0.3 is 5.32 Å². The molecular formula is C22H20N4O. The summed E-state index contributed by atoms with van der Waals surface area (Å²) in [6, 6.07) is 17.5. The molecule has 0 aliphatic heterocycles. The number of aryl methyl sites for hydroxylation is 3. The first-order valence-electron chi connectivity index (χ1n) is 8.82. The lowest BCUT2D eigenvalue weighted by Crippen LogP contribution is -2.14. The zero-order valence-corrected chi connectivity index (χ0v) is 15.5. The van der Waals surface area contributed by atoms with Crippen LogP contribution in [0.1, 0.15) is 27.3 Å². The van der Waals surface area contributed by atoms with Crippen LogP contribution in [0, 0.1) is 20.8 Å². The van der Waals surface area contributed by atoms with Gasteiger partial charge in [-0.15, -0.1) is 0 Å². The van der Waals surface area contributed by atoms with E-state index in [-0.39, 0.29) is 5.91 Å². The van der Waals surface area contributed by atoms with Crippen LogP contribution in [0.5, 0.6) is 0 Å². The molecule has 5 nitrogen and oxygen atoms in total. The van der Waals surface area contributed by atoms with Crippen molar-refractivity contribution in [2.24, 2.45) is 0 Å². The normalized spacial score (nSPS) is 10.9. The molecule has 1 N–H and O–H groups in total. The second-order valence-corrected chi connectivity index (χ2v) is 6.71. The summed E-state index contributed by atoms with van der Waals surface area (Å²) in [5.74, 6) is -0.170. The molecule has 4 aromatic rings. The molecule has 2 aromatic carbocycles. The molecule has 4 rings (SSSR count). The molecule has 0 saturated heterocycles. The van der Waals surface area contributed by atoms with Gasteiger partial charge in [0.2, 0.25) is 0 Å². The smallest absolute Gasteiger partial charge is 0.257 e. The standard InChI is InChI=1S/C22H20N4O/c1-14-7-8-17-12-20(16(3)24-21(17)11-14)22(27)25-18-5-4-6-19(13-18)26-15(2)9-10-23-26/h4-13H,1-3H3,(H,25,27). The summed E-state index contributed by atoms with van der Waals surface area (Å²) in [7, 11) is 0. The quantitative estimate of drug-likeness (QED) is 0.584. The summed E-state index contributed by atoms with van der Waals surface area (Å²) in [6.07, 6.45) is 1.76. The first kappa shape index (κ1) is 17.0. The average Bonchev–Trinajstić information content (AvgIpc) is 3.07. The first-order chi connectivity index (χ1) is 13.0. The van der Waals surface area contributed by atoms with E-state index in [0.717, 1.165) is 33.5 Å². The minimum absolute atomic E-state index is 0.170. The lowest BCUT2D eigenvalue weighted by molar-refractivity contribution is 0.102. The summed E-state index contributed by atoms with van der Waals surface area (Å²) in [4.78, 5) is 17.4. The predicted octanol–water partition coefficient (Wildman–Crippen LogP) is 4.60. The van der Waals surface area contributed by atoms with Gasteiger partial charge in [0.1, 0.15) is 0 Å². The number of pyridine rings is 1. The van der Waals surface area contributed by atoms with E-state index >= 15 is 0 Å². The predicted molar refractivity (Wildman–Crippen MR) is 107 cm³/mol. The second-order valence-electron chi connectivity index (χ2n) is 6.71. The molecule has 2 heterocycles. The van der Waals surface area contributed by atoms with Crippen molar-refractivity contribution >= 4 is 22.5 Å². The highest BCUT2D eigenvalue weighted by Crippen LogP contribution is 2.20. The Labute approximate surface area is 157 Å². The highest BCUT2D eigenvalue weighted by molar-refractivity contribution is 6.06. The topological polar surface area (TPSA) is 59.8 Å². The summed E-state index contributed by atoms with van der Waals surface area (Å²) in [5.41, 5.74) is 5.99. The van der Waals surface area contributed by atoms with Gasteiger partial charge in [-0.05, 0) is 62.7 Å². The van der Waals surface area contributed by atoms with Crippen molar-refractivity contribution in [3.8, 4) is 5.69 Å². The third-order valence-corrected chi connectivity index (χ3v) is 4.59. The van der Waals surface area contributed by atoms with E-state index in [1.54, 1.807) is 6.20 Å². The van der Waals surface area contributed by atoms with E-state index in [1.807, 2.05) is 80.1 Å². The minimum atomic E-state index is -0.170. The number of nitrogens with zero attached hydrogens (tertiary/aromatic N) is 3. The Morgan fingerprint density at radius 3 is 2.63 bits per heavy atom. The fraction of sp³-hybridized carbons (Fsp3) is 0.136. The van der Waals surface area contributed by atoms with Gasteiger partial charge >= 0.3 is 0 Å². The molecule has 0 radical (unpaired) electrons. The first-order valence-corrected chi connectivity index (χ1v) is 8.82. The molecule has 0 spiro atoms. The molecule has 0 unspecified atom stereocenters. The van der Waals surface area contributed by atoms with Crippen LogP contribution in [0.4, 0.5) is 5.69 Å². The lowest BCUT2D eigenvalue weighted by atomic mass is 10.1. The van der Waals surface area contributed by atoms with E-state index < -0.39 is 0 Å². The largest absolute Gasteiger partial charge is 0.322 e. The van der Waals surface area contributed by atoms with Crippen molar-refractivity contribution in [3.05, 3.63) is 83.3 Å². The van der Waals surface area contributed by atoms with Crippen LogP contribution in [0.25, 0.3) is 16.6 Å². The van der Waals surface area contributed by atoms with Crippen molar-refractivity contribution < 1.29 is 4.79 Å². The van der Waals surface area contributed by atoms with Crippen LogP contribution in [0.2, 0.25) is 0 Å². The van der Waals surface area contributed by atoms with Gasteiger partial charge in [-0.1, -0.05) is 18.2 Å². The molecular weight excluding hydrogens is 336 g/mol. The molecule has 5 heteroatoms. The van der Waals surface area contributed by atoms with E-state index in [4.69, 9.17) is 0 Å². The van der Waals surface area contributed by atoms with Gasteiger partial charge in [0.15, 0.2) is 0 Å². The summed E-state index contributed by atoms with van der Waals surface area (Å²) in [6.45, 7) is 5.88. The summed E-state index contributed by atoms with van der Waals surface area (Å²) < 4.78 is 1.83. The Kier molecular flexibility index (Phi) is 4.20. The number of hydrogen-bond acceptors (Lipinski definition) is 3. The molecule has 1 amide bonds. The van der Waals surface area contributed by atoms with Crippen LogP contribution < -0.4 is 5.32 Å². The van der Waals surface area contributed by atoms with Gasteiger partial charge in [-0.2, -0.15) is 5.10 Å². The van der Waals surface area contributed by atoms with Crippen molar-refractivity contribution in [2.45, 2.75) is 20.8 Å². The number of carbonyl (C=O) groups is 1. The fourth-order valence-corrected chi connectivity index (χ4v) is 3.16. The van der Waals surface area contributed by atoms with Gasteiger partial charge in [0, 0.05) is 23.0 Å². The maximum Gasteiger partial charge on any atom is 0.257 e. The van der Waals surface area contributed by atoms with E-state index in [2.05, 4.69) is 15.4 Å². The number of fused-ring (bicyclic) bond motifs is 1. The van der Waals surface area contributed by atoms with E-state index in [9.17, 15) is 4.79 Å². The average molecular weight is 356 g/mol.